The maximum absolute atomic E-state index is 12.0. The Balaban J connectivity index is 2.79. The van der Waals surface area contributed by atoms with Crippen LogP contribution < -0.4 is 0 Å². The van der Waals surface area contributed by atoms with Gasteiger partial charge in [-0.05, 0) is 30.5 Å². The summed E-state index contributed by atoms with van der Waals surface area (Å²) >= 11 is 0. The smallest absolute Gasteiger partial charge is 0.412 e. The van der Waals surface area contributed by atoms with E-state index >= 15 is 0 Å². The van der Waals surface area contributed by atoms with Gasteiger partial charge in [-0.3, -0.25) is 0 Å². The van der Waals surface area contributed by atoms with Crippen LogP contribution in [0.15, 0.2) is 48.8 Å². The predicted molar refractivity (Wildman–Crippen MR) is 69.7 cm³/mol. The molecule has 1 unspecified atom stereocenters. The molecule has 0 amide bonds. The molecular formula is C15H17F3O. The third-order valence-corrected chi connectivity index (χ3v) is 2.57. The summed E-state index contributed by atoms with van der Waals surface area (Å²) in [6, 6.07) is 7.63. The Kier molecular flexibility index (Phi) is 5.67. The van der Waals surface area contributed by atoms with Crippen LogP contribution in [0, 0.1) is 0 Å². The highest BCUT2D eigenvalue weighted by atomic mass is 19.4. The highest BCUT2D eigenvalue weighted by Gasteiger charge is 2.22. The molecule has 0 aliphatic rings. The second-order valence-corrected chi connectivity index (χ2v) is 4.02. The summed E-state index contributed by atoms with van der Waals surface area (Å²) < 4.78 is 41.2. The van der Waals surface area contributed by atoms with Gasteiger partial charge in [0, 0.05) is 0 Å². The molecule has 1 atom stereocenters. The van der Waals surface area contributed by atoms with Crippen molar-refractivity contribution in [3.05, 3.63) is 59.9 Å². The van der Waals surface area contributed by atoms with E-state index in [1.165, 1.54) is 5.56 Å². The van der Waals surface area contributed by atoms with Gasteiger partial charge in [0.05, 0.1) is 12.3 Å². The number of ether oxygens (including phenoxy) is 1. The van der Waals surface area contributed by atoms with Gasteiger partial charge in [-0.25, -0.2) is 0 Å². The predicted octanol–water partition coefficient (Wildman–Crippen LogP) is 4.96. The monoisotopic (exact) mass is 270 g/mol. The van der Waals surface area contributed by atoms with Gasteiger partial charge in [0.2, 0.25) is 0 Å². The lowest BCUT2D eigenvalue weighted by Gasteiger charge is -2.13. The summed E-state index contributed by atoms with van der Waals surface area (Å²) in [5, 5.41) is 0. The van der Waals surface area contributed by atoms with E-state index in [-0.39, 0.29) is 6.08 Å². The molecule has 1 rings (SSSR count). The van der Waals surface area contributed by atoms with E-state index in [4.69, 9.17) is 4.74 Å². The van der Waals surface area contributed by atoms with E-state index in [2.05, 4.69) is 0 Å². The van der Waals surface area contributed by atoms with Gasteiger partial charge in [0.25, 0.3) is 0 Å². The van der Waals surface area contributed by atoms with E-state index in [0.29, 0.717) is 6.26 Å². The minimum Gasteiger partial charge on any atom is -0.489 e. The van der Waals surface area contributed by atoms with Gasteiger partial charge in [-0.15, -0.1) is 0 Å². The van der Waals surface area contributed by atoms with Gasteiger partial charge < -0.3 is 4.74 Å². The van der Waals surface area contributed by atoms with E-state index in [1.807, 2.05) is 31.2 Å². The zero-order chi connectivity index (χ0) is 14.3. The van der Waals surface area contributed by atoms with Gasteiger partial charge in [0.15, 0.2) is 0 Å². The summed E-state index contributed by atoms with van der Waals surface area (Å²) in [6.45, 7) is 3.84. The Labute approximate surface area is 111 Å². The fourth-order valence-corrected chi connectivity index (χ4v) is 1.55. The molecule has 0 spiro atoms. The van der Waals surface area contributed by atoms with Crippen LogP contribution in [-0.2, 0) is 11.2 Å². The van der Waals surface area contributed by atoms with Gasteiger partial charge in [0.1, 0.15) is 6.10 Å². The van der Waals surface area contributed by atoms with Crippen LogP contribution in [0.1, 0.15) is 31.1 Å². The molecule has 0 saturated heterocycles. The summed E-state index contributed by atoms with van der Waals surface area (Å²) in [7, 11) is 0. The Morgan fingerprint density at radius 2 is 1.84 bits per heavy atom. The first-order valence-corrected chi connectivity index (χ1v) is 6.08. The van der Waals surface area contributed by atoms with Crippen molar-refractivity contribution in [1.29, 1.82) is 0 Å². The second-order valence-electron chi connectivity index (χ2n) is 4.02. The van der Waals surface area contributed by atoms with Crippen molar-refractivity contribution in [3.63, 3.8) is 0 Å². The van der Waals surface area contributed by atoms with Crippen LogP contribution in [0.3, 0.4) is 0 Å². The van der Waals surface area contributed by atoms with Crippen molar-refractivity contribution in [1.82, 2.24) is 0 Å². The molecule has 4 heteroatoms. The standard InChI is InChI=1S/C15H17F3O/c1-3-5-14(19-11-10-15(16,17)18)13-8-6-12(4-2)7-9-13/h3,5-11,14H,4H2,1-2H3/b5-3+,11-10+. The van der Waals surface area contributed by atoms with Crippen molar-refractivity contribution in [2.24, 2.45) is 0 Å². The number of alkyl halides is 3. The highest BCUT2D eigenvalue weighted by Crippen LogP contribution is 2.22. The van der Waals surface area contributed by atoms with E-state index in [1.54, 1.807) is 19.1 Å². The fraction of sp³-hybridized carbons (Fsp3) is 0.333. The van der Waals surface area contributed by atoms with E-state index in [0.717, 1.165) is 12.0 Å². The molecule has 19 heavy (non-hydrogen) atoms. The zero-order valence-electron chi connectivity index (χ0n) is 10.9. The van der Waals surface area contributed by atoms with Crippen LogP contribution in [0.2, 0.25) is 0 Å². The van der Waals surface area contributed by atoms with Crippen molar-refractivity contribution >= 4 is 0 Å². The quantitative estimate of drug-likeness (QED) is 0.543. The molecule has 0 heterocycles. The summed E-state index contributed by atoms with van der Waals surface area (Å²) in [6.07, 6.45) is 0.300. The Morgan fingerprint density at radius 3 is 2.32 bits per heavy atom. The van der Waals surface area contributed by atoms with Crippen LogP contribution in [-0.4, -0.2) is 6.18 Å². The molecule has 0 bridgehead atoms. The van der Waals surface area contributed by atoms with Crippen LogP contribution in [0.5, 0.6) is 0 Å². The second kappa shape index (κ2) is 7.02. The number of halogens is 3. The minimum atomic E-state index is -4.35. The lowest BCUT2D eigenvalue weighted by atomic mass is 10.1. The maximum Gasteiger partial charge on any atom is 0.412 e. The lowest BCUT2D eigenvalue weighted by molar-refractivity contribution is -0.0819. The Bertz CT molecular complexity index is 430. The Morgan fingerprint density at radius 1 is 1.21 bits per heavy atom. The molecule has 0 radical (unpaired) electrons. The molecule has 1 aromatic rings. The molecule has 0 aliphatic carbocycles. The first-order chi connectivity index (χ1) is 8.96. The highest BCUT2D eigenvalue weighted by molar-refractivity contribution is 5.26. The van der Waals surface area contributed by atoms with Crippen LogP contribution in [0.4, 0.5) is 13.2 Å². The molecule has 0 aliphatic heterocycles. The Hall–Kier alpha value is -1.71. The average molecular weight is 270 g/mol. The normalized spacial score (nSPS) is 14.2. The molecule has 0 fully saturated rings. The number of allylic oxidation sites excluding steroid dienone is 2. The first-order valence-electron chi connectivity index (χ1n) is 6.08. The van der Waals surface area contributed by atoms with Gasteiger partial charge in [-0.2, -0.15) is 13.2 Å². The first kappa shape index (κ1) is 15.3. The minimum absolute atomic E-state index is 0.0872. The summed E-state index contributed by atoms with van der Waals surface area (Å²) in [5.41, 5.74) is 2.00. The van der Waals surface area contributed by atoms with Crippen molar-refractivity contribution in [2.75, 3.05) is 0 Å². The molecule has 0 N–H and O–H groups in total. The third kappa shape index (κ3) is 5.64. The molecular weight excluding hydrogens is 253 g/mol. The fourth-order valence-electron chi connectivity index (χ4n) is 1.55. The van der Waals surface area contributed by atoms with Crippen LogP contribution >= 0.6 is 0 Å². The SMILES string of the molecule is C/C=C/C(O/C=C/C(F)(F)F)c1ccc(CC)cc1. The van der Waals surface area contributed by atoms with E-state index < -0.39 is 12.3 Å². The number of benzene rings is 1. The third-order valence-electron chi connectivity index (χ3n) is 2.57. The molecule has 104 valence electrons. The van der Waals surface area contributed by atoms with Crippen molar-refractivity contribution in [3.8, 4) is 0 Å². The number of hydrogen-bond acceptors (Lipinski definition) is 1. The summed E-state index contributed by atoms with van der Waals surface area (Å²) in [4.78, 5) is 0. The molecule has 1 nitrogen and oxygen atoms in total. The molecule has 1 aromatic carbocycles. The molecule has 0 saturated carbocycles. The van der Waals surface area contributed by atoms with Gasteiger partial charge >= 0.3 is 6.18 Å². The largest absolute Gasteiger partial charge is 0.489 e. The number of rotatable bonds is 5. The summed E-state index contributed by atoms with van der Waals surface area (Å²) in [5.74, 6) is 0. The van der Waals surface area contributed by atoms with E-state index in [9.17, 15) is 13.2 Å². The molecule has 0 aromatic heterocycles. The average Bonchev–Trinajstić information content (AvgIpc) is 2.36. The number of hydrogen-bond donors (Lipinski definition) is 0. The lowest BCUT2D eigenvalue weighted by Crippen LogP contribution is -2.03. The maximum atomic E-state index is 12.0. The van der Waals surface area contributed by atoms with Gasteiger partial charge in [-0.1, -0.05) is 37.3 Å². The number of aryl methyl sites for hydroxylation is 1. The van der Waals surface area contributed by atoms with Crippen molar-refractivity contribution < 1.29 is 17.9 Å². The topological polar surface area (TPSA) is 9.23 Å². The van der Waals surface area contributed by atoms with Crippen LogP contribution in [0.25, 0.3) is 0 Å². The van der Waals surface area contributed by atoms with Crippen molar-refractivity contribution in [2.45, 2.75) is 32.5 Å². The zero-order valence-corrected chi connectivity index (χ0v) is 10.9.